The Bertz CT molecular complexity index is 835. The van der Waals surface area contributed by atoms with E-state index in [4.69, 9.17) is 0 Å². The van der Waals surface area contributed by atoms with Gasteiger partial charge in [-0.1, -0.05) is 12.1 Å². The maximum Gasteiger partial charge on any atom is 0.254 e. The van der Waals surface area contributed by atoms with Gasteiger partial charge in [0.15, 0.2) is 0 Å². The summed E-state index contributed by atoms with van der Waals surface area (Å²) in [4.78, 5) is 13.7. The van der Waals surface area contributed by atoms with Gasteiger partial charge in [0, 0.05) is 30.9 Å². The molecule has 3 heterocycles. The molecule has 98 valence electrons. The third kappa shape index (κ3) is 1.48. The van der Waals surface area contributed by atoms with E-state index in [9.17, 15) is 4.79 Å². The third-order valence-electron chi connectivity index (χ3n) is 3.83. The van der Waals surface area contributed by atoms with E-state index in [2.05, 4.69) is 11.2 Å². The van der Waals surface area contributed by atoms with Crippen molar-refractivity contribution in [2.75, 3.05) is 7.05 Å². The summed E-state index contributed by atoms with van der Waals surface area (Å²) < 4.78 is 1.86. The van der Waals surface area contributed by atoms with Crippen LogP contribution in [0.1, 0.15) is 15.9 Å². The fourth-order valence-corrected chi connectivity index (χ4v) is 2.79. The van der Waals surface area contributed by atoms with E-state index in [1.54, 1.807) is 4.90 Å². The molecule has 4 nitrogen and oxygen atoms in total. The van der Waals surface area contributed by atoms with Crippen LogP contribution in [0.15, 0.2) is 48.8 Å². The van der Waals surface area contributed by atoms with Crippen LogP contribution in [0.4, 0.5) is 0 Å². The molecule has 0 N–H and O–H groups in total. The number of aromatic nitrogens is 2. The molecule has 1 aliphatic heterocycles. The molecule has 0 saturated heterocycles. The summed E-state index contributed by atoms with van der Waals surface area (Å²) in [7, 11) is 1.83. The van der Waals surface area contributed by atoms with Crippen LogP contribution in [0.3, 0.4) is 0 Å². The van der Waals surface area contributed by atoms with E-state index in [1.807, 2.05) is 54.3 Å². The minimum absolute atomic E-state index is 0.103. The fourth-order valence-electron chi connectivity index (χ4n) is 2.79. The van der Waals surface area contributed by atoms with E-state index in [1.165, 1.54) is 0 Å². The second-order valence-electron chi connectivity index (χ2n) is 5.12. The zero-order valence-corrected chi connectivity index (χ0v) is 11.1. The predicted molar refractivity (Wildman–Crippen MR) is 76.4 cm³/mol. The third-order valence-corrected chi connectivity index (χ3v) is 3.83. The van der Waals surface area contributed by atoms with E-state index in [0.717, 1.165) is 27.8 Å². The Labute approximate surface area is 116 Å². The highest BCUT2D eigenvalue weighted by molar-refractivity contribution is 5.99. The highest BCUT2D eigenvalue weighted by Crippen LogP contribution is 2.29. The fraction of sp³-hybridized carbons (Fsp3) is 0.125. The summed E-state index contributed by atoms with van der Waals surface area (Å²) in [6, 6.07) is 12.0. The summed E-state index contributed by atoms with van der Waals surface area (Å²) in [5.74, 6) is 0.103. The first-order chi connectivity index (χ1) is 9.74. The molecule has 0 bridgehead atoms. The number of benzene rings is 1. The van der Waals surface area contributed by atoms with Crippen molar-refractivity contribution >= 4 is 11.4 Å². The lowest BCUT2D eigenvalue weighted by atomic mass is 10.0. The number of fused-ring (bicyclic) bond motifs is 2. The molecule has 1 aliphatic rings. The SMILES string of the molecule is CN1Cc2cc(-c3cnn4ccccc34)ccc2C1=O. The number of nitrogens with zero attached hydrogens (tertiary/aromatic N) is 3. The van der Waals surface area contributed by atoms with Gasteiger partial charge < -0.3 is 4.90 Å². The smallest absolute Gasteiger partial charge is 0.254 e. The van der Waals surface area contributed by atoms with Crippen molar-refractivity contribution < 1.29 is 4.79 Å². The minimum Gasteiger partial charge on any atom is -0.337 e. The summed E-state index contributed by atoms with van der Waals surface area (Å²) in [5, 5.41) is 4.36. The Hall–Kier alpha value is -2.62. The molecule has 4 heteroatoms. The molecule has 0 radical (unpaired) electrons. The molecule has 0 spiro atoms. The Morgan fingerprint density at radius 3 is 2.95 bits per heavy atom. The van der Waals surface area contributed by atoms with E-state index in [-0.39, 0.29) is 5.91 Å². The van der Waals surface area contributed by atoms with E-state index in [0.29, 0.717) is 6.54 Å². The van der Waals surface area contributed by atoms with Gasteiger partial charge in [-0.3, -0.25) is 4.79 Å². The molecule has 0 aliphatic carbocycles. The van der Waals surface area contributed by atoms with Crippen molar-refractivity contribution in [3.63, 3.8) is 0 Å². The van der Waals surface area contributed by atoms with Crippen LogP contribution < -0.4 is 0 Å². The highest BCUT2D eigenvalue weighted by Gasteiger charge is 2.24. The van der Waals surface area contributed by atoms with Crippen LogP contribution in [-0.4, -0.2) is 27.5 Å². The number of rotatable bonds is 1. The van der Waals surface area contributed by atoms with Gasteiger partial charge in [0.1, 0.15) is 0 Å². The Morgan fingerprint density at radius 2 is 2.05 bits per heavy atom. The largest absolute Gasteiger partial charge is 0.337 e. The Kier molecular flexibility index (Phi) is 2.21. The summed E-state index contributed by atoms with van der Waals surface area (Å²) in [5.41, 5.74) is 5.17. The zero-order chi connectivity index (χ0) is 13.7. The van der Waals surface area contributed by atoms with Crippen molar-refractivity contribution in [2.24, 2.45) is 0 Å². The molecule has 3 aromatic rings. The number of hydrogen-bond donors (Lipinski definition) is 0. The van der Waals surface area contributed by atoms with Gasteiger partial charge in [-0.2, -0.15) is 5.10 Å². The van der Waals surface area contributed by atoms with Gasteiger partial charge in [0.05, 0.1) is 11.7 Å². The van der Waals surface area contributed by atoms with Crippen LogP contribution >= 0.6 is 0 Å². The molecule has 4 rings (SSSR count). The van der Waals surface area contributed by atoms with Gasteiger partial charge in [-0.25, -0.2) is 4.52 Å². The zero-order valence-electron chi connectivity index (χ0n) is 11.1. The quantitative estimate of drug-likeness (QED) is 0.676. The van der Waals surface area contributed by atoms with Gasteiger partial charge in [-0.15, -0.1) is 0 Å². The standard InChI is InChI=1S/C16H13N3O/c1-18-10-12-8-11(5-6-13(12)16(18)20)14-9-17-19-7-3-2-4-15(14)19/h2-9H,10H2,1H3. The molecule has 0 atom stereocenters. The van der Waals surface area contributed by atoms with Gasteiger partial charge >= 0.3 is 0 Å². The number of hydrogen-bond acceptors (Lipinski definition) is 2. The second kappa shape index (κ2) is 3.93. The summed E-state index contributed by atoms with van der Waals surface area (Å²) in [6.07, 6.45) is 3.81. The average molecular weight is 263 g/mol. The number of carbonyl (C=O) groups is 1. The Balaban J connectivity index is 1.88. The molecule has 0 unspecified atom stereocenters. The Morgan fingerprint density at radius 1 is 1.15 bits per heavy atom. The molecule has 1 amide bonds. The number of amides is 1. The first-order valence-electron chi connectivity index (χ1n) is 6.55. The van der Waals surface area contributed by atoms with Crippen molar-refractivity contribution in [3.8, 4) is 11.1 Å². The lowest BCUT2D eigenvalue weighted by molar-refractivity contribution is 0.0816. The second-order valence-corrected chi connectivity index (χ2v) is 5.12. The highest BCUT2D eigenvalue weighted by atomic mass is 16.2. The van der Waals surface area contributed by atoms with Gasteiger partial charge in [-0.05, 0) is 35.4 Å². The monoisotopic (exact) mass is 263 g/mol. The first-order valence-corrected chi connectivity index (χ1v) is 6.55. The van der Waals surface area contributed by atoms with E-state index < -0.39 is 0 Å². The molecule has 20 heavy (non-hydrogen) atoms. The number of carbonyl (C=O) groups excluding carboxylic acids is 1. The van der Waals surface area contributed by atoms with Crippen molar-refractivity contribution in [1.82, 2.24) is 14.5 Å². The molecule has 2 aromatic heterocycles. The first kappa shape index (κ1) is 11.2. The lowest BCUT2D eigenvalue weighted by Gasteiger charge is -2.04. The van der Waals surface area contributed by atoms with E-state index >= 15 is 0 Å². The lowest BCUT2D eigenvalue weighted by Crippen LogP contribution is -2.17. The maximum absolute atomic E-state index is 11.9. The van der Waals surface area contributed by atoms with Crippen LogP contribution in [-0.2, 0) is 6.54 Å². The van der Waals surface area contributed by atoms with Crippen molar-refractivity contribution in [2.45, 2.75) is 6.54 Å². The molecule has 1 aromatic carbocycles. The summed E-state index contributed by atoms with van der Waals surface area (Å²) in [6.45, 7) is 0.682. The number of pyridine rings is 1. The average Bonchev–Trinajstić information content (AvgIpc) is 3.01. The normalized spacial score (nSPS) is 14.1. The van der Waals surface area contributed by atoms with Gasteiger partial charge in [0.2, 0.25) is 0 Å². The van der Waals surface area contributed by atoms with Crippen LogP contribution in [0.25, 0.3) is 16.6 Å². The van der Waals surface area contributed by atoms with Crippen LogP contribution in [0.5, 0.6) is 0 Å². The molecule has 0 saturated carbocycles. The minimum atomic E-state index is 0.103. The molecular formula is C16H13N3O. The van der Waals surface area contributed by atoms with Crippen LogP contribution in [0, 0.1) is 0 Å². The summed E-state index contributed by atoms with van der Waals surface area (Å²) >= 11 is 0. The van der Waals surface area contributed by atoms with Gasteiger partial charge in [0.25, 0.3) is 5.91 Å². The van der Waals surface area contributed by atoms with Crippen molar-refractivity contribution in [1.29, 1.82) is 0 Å². The van der Waals surface area contributed by atoms with Crippen LogP contribution in [0.2, 0.25) is 0 Å². The predicted octanol–water partition coefficient (Wildman–Crippen LogP) is 2.59. The molecular weight excluding hydrogens is 250 g/mol. The van der Waals surface area contributed by atoms with Crippen molar-refractivity contribution in [3.05, 3.63) is 59.9 Å². The topological polar surface area (TPSA) is 37.6 Å². The maximum atomic E-state index is 11.9. The molecule has 0 fully saturated rings.